The summed E-state index contributed by atoms with van der Waals surface area (Å²) in [5, 5.41) is 10.3. The zero-order chi connectivity index (χ0) is 22.7. The Balaban J connectivity index is 1.70. The number of fused-ring (bicyclic) bond motifs is 1. The van der Waals surface area contributed by atoms with Crippen LogP contribution in [-0.2, 0) is 6.54 Å². The standard InChI is InChI=1S/C24H18Cl2N4O2/c1-15(18-12-11-17(25)13-21(18)26)27-28-23(31)22-19-9-5-6-10-20(19)24(32)30(29-22)14-16-7-3-2-4-8-16/h2-13H,14H2,1H3,(H,28,31)/b27-15+. The van der Waals surface area contributed by atoms with E-state index in [1.54, 1.807) is 49.4 Å². The van der Waals surface area contributed by atoms with E-state index in [4.69, 9.17) is 23.2 Å². The molecule has 0 saturated carbocycles. The maximum atomic E-state index is 13.0. The van der Waals surface area contributed by atoms with Crippen molar-refractivity contribution in [3.63, 3.8) is 0 Å². The Morgan fingerprint density at radius 2 is 1.69 bits per heavy atom. The molecule has 0 spiro atoms. The second kappa shape index (κ2) is 9.34. The molecule has 1 heterocycles. The van der Waals surface area contributed by atoms with Gasteiger partial charge in [0.2, 0.25) is 0 Å². The predicted molar refractivity (Wildman–Crippen MR) is 128 cm³/mol. The van der Waals surface area contributed by atoms with Crippen LogP contribution in [0.5, 0.6) is 0 Å². The van der Waals surface area contributed by atoms with E-state index in [9.17, 15) is 9.59 Å². The lowest BCUT2D eigenvalue weighted by Gasteiger charge is -2.11. The third-order valence-corrected chi connectivity index (χ3v) is 5.45. The van der Waals surface area contributed by atoms with E-state index in [0.29, 0.717) is 32.1 Å². The average molecular weight is 465 g/mol. The Morgan fingerprint density at radius 1 is 1.00 bits per heavy atom. The molecule has 0 radical (unpaired) electrons. The SMILES string of the molecule is C/C(=N\NC(=O)c1nn(Cc2ccccc2)c(=O)c2ccccc12)c1ccc(Cl)cc1Cl. The van der Waals surface area contributed by atoms with E-state index in [2.05, 4.69) is 15.6 Å². The Bertz CT molecular complexity index is 1400. The molecule has 160 valence electrons. The molecule has 1 aromatic heterocycles. The van der Waals surface area contributed by atoms with Crippen molar-refractivity contribution in [1.82, 2.24) is 15.2 Å². The van der Waals surface area contributed by atoms with Gasteiger partial charge in [0.15, 0.2) is 5.69 Å². The van der Waals surface area contributed by atoms with Crippen LogP contribution in [0, 0.1) is 0 Å². The number of benzene rings is 3. The molecule has 3 aromatic carbocycles. The van der Waals surface area contributed by atoms with Crippen LogP contribution >= 0.6 is 23.2 Å². The quantitative estimate of drug-likeness (QED) is 0.336. The highest BCUT2D eigenvalue weighted by Gasteiger charge is 2.17. The zero-order valence-electron chi connectivity index (χ0n) is 17.0. The van der Waals surface area contributed by atoms with Crippen molar-refractivity contribution in [3.05, 3.63) is 110 Å². The van der Waals surface area contributed by atoms with Gasteiger partial charge in [0.05, 0.1) is 22.7 Å². The Kier molecular flexibility index (Phi) is 6.35. The van der Waals surface area contributed by atoms with E-state index < -0.39 is 5.91 Å². The topological polar surface area (TPSA) is 76.3 Å². The number of carbonyl (C=O) groups is 1. The van der Waals surface area contributed by atoms with Gasteiger partial charge in [-0.25, -0.2) is 10.1 Å². The Labute approximate surface area is 194 Å². The minimum atomic E-state index is -0.535. The number of halogens is 2. The molecule has 0 aliphatic carbocycles. The zero-order valence-corrected chi connectivity index (χ0v) is 18.6. The molecule has 0 atom stereocenters. The predicted octanol–water partition coefficient (Wildman–Crippen LogP) is 4.91. The minimum absolute atomic E-state index is 0.106. The third kappa shape index (κ3) is 4.56. The molecule has 0 fully saturated rings. The van der Waals surface area contributed by atoms with Gasteiger partial charge in [0.25, 0.3) is 11.5 Å². The van der Waals surface area contributed by atoms with Crippen LogP contribution in [0.3, 0.4) is 0 Å². The van der Waals surface area contributed by atoms with Crippen molar-refractivity contribution >= 4 is 45.6 Å². The van der Waals surface area contributed by atoms with Crippen molar-refractivity contribution < 1.29 is 4.79 Å². The van der Waals surface area contributed by atoms with E-state index in [1.807, 2.05) is 30.3 Å². The summed E-state index contributed by atoms with van der Waals surface area (Å²) in [6, 6.07) is 21.4. The second-order valence-electron chi connectivity index (χ2n) is 7.10. The number of amides is 1. The van der Waals surface area contributed by atoms with Crippen LogP contribution in [0.15, 0.2) is 82.7 Å². The van der Waals surface area contributed by atoms with Gasteiger partial charge in [-0.2, -0.15) is 10.2 Å². The summed E-state index contributed by atoms with van der Waals surface area (Å²) < 4.78 is 1.29. The summed E-state index contributed by atoms with van der Waals surface area (Å²) in [4.78, 5) is 25.9. The smallest absolute Gasteiger partial charge is 0.267 e. The van der Waals surface area contributed by atoms with Crippen LogP contribution in [0.25, 0.3) is 10.8 Å². The molecule has 1 N–H and O–H groups in total. The van der Waals surface area contributed by atoms with Gasteiger partial charge < -0.3 is 0 Å². The largest absolute Gasteiger partial charge is 0.292 e. The summed E-state index contributed by atoms with van der Waals surface area (Å²) >= 11 is 12.2. The fraction of sp³-hybridized carbons (Fsp3) is 0.0833. The molecule has 0 saturated heterocycles. The first kappa shape index (κ1) is 21.7. The first-order valence-corrected chi connectivity index (χ1v) is 10.5. The number of rotatable bonds is 5. The lowest BCUT2D eigenvalue weighted by Crippen LogP contribution is -2.29. The normalized spacial score (nSPS) is 11.5. The number of hydrazone groups is 1. The van der Waals surface area contributed by atoms with Crippen LogP contribution < -0.4 is 11.0 Å². The van der Waals surface area contributed by atoms with E-state index in [-0.39, 0.29) is 17.8 Å². The summed E-state index contributed by atoms with van der Waals surface area (Å²) in [5.41, 5.74) is 4.40. The van der Waals surface area contributed by atoms with Crippen LogP contribution in [-0.4, -0.2) is 21.4 Å². The first-order chi connectivity index (χ1) is 15.4. The average Bonchev–Trinajstić information content (AvgIpc) is 2.80. The first-order valence-electron chi connectivity index (χ1n) is 9.78. The molecule has 8 heteroatoms. The fourth-order valence-corrected chi connectivity index (χ4v) is 3.84. The summed E-state index contributed by atoms with van der Waals surface area (Å²) in [5.74, 6) is -0.535. The maximum Gasteiger partial charge on any atom is 0.292 e. The number of hydrogen-bond donors (Lipinski definition) is 1. The minimum Gasteiger partial charge on any atom is -0.267 e. The summed E-state index contributed by atoms with van der Waals surface area (Å²) in [7, 11) is 0. The summed E-state index contributed by atoms with van der Waals surface area (Å²) in [6.07, 6.45) is 0. The van der Waals surface area contributed by atoms with Crippen LogP contribution in [0.2, 0.25) is 10.0 Å². The molecule has 4 aromatic rings. The van der Waals surface area contributed by atoms with Crippen LogP contribution in [0.4, 0.5) is 0 Å². The Hall–Kier alpha value is -3.48. The van der Waals surface area contributed by atoms with E-state index in [1.165, 1.54) is 4.68 Å². The molecule has 0 bridgehead atoms. The van der Waals surface area contributed by atoms with Crippen molar-refractivity contribution in [2.24, 2.45) is 5.10 Å². The number of carbonyl (C=O) groups excluding carboxylic acids is 1. The van der Waals surface area contributed by atoms with Gasteiger partial charge in [-0.05, 0) is 30.7 Å². The maximum absolute atomic E-state index is 13.0. The monoisotopic (exact) mass is 464 g/mol. The molecular weight excluding hydrogens is 447 g/mol. The van der Waals surface area contributed by atoms with Gasteiger partial charge in [-0.1, -0.05) is 77.8 Å². The molecule has 0 unspecified atom stereocenters. The van der Waals surface area contributed by atoms with Crippen molar-refractivity contribution in [2.75, 3.05) is 0 Å². The molecule has 32 heavy (non-hydrogen) atoms. The van der Waals surface area contributed by atoms with Gasteiger partial charge >= 0.3 is 0 Å². The molecular formula is C24H18Cl2N4O2. The van der Waals surface area contributed by atoms with E-state index >= 15 is 0 Å². The lowest BCUT2D eigenvalue weighted by atomic mass is 10.1. The highest BCUT2D eigenvalue weighted by atomic mass is 35.5. The van der Waals surface area contributed by atoms with Crippen molar-refractivity contribution in [3.8, 4) is 0 Å². The second-order valence-corrected chi connectivity index (χ2v) is 7.95. The number of aromatic nitrogens is 2. The number of nitrogens with zero attached hydrogens (tertiary/aromatic N) is 3. The third-order valence-electron chi connectivity index (χ3n) is 4.90. The fourth-order valence-electron chi connectivity index (χ4n) is 3.30. The summed E-state index contributed by atoms with van der Waals surface area (Å²) in [6.45, 7) is 1.96. The van der Waals surface area contributed by atoms with Crippen LogP contribution in [0.1, 0.15) is 28.5 Å². The van der Waals surface area contributed by atoms with Gasteiger partial charge in [-0.15, -0.1) is 0 Å². The Morgan fingerprint density at radius 3 is 2.41 bits per heavy atom. The molecule has 0 aliphatic heterocycles. The van der Waals surface area contributed by atoms with Gasteiger partial charge in [0, 0.05) is 16.0 Å². The molecule has 6 nitrogen and oxygen atoms in total. The van der Waals surface area contributed by atoms with Crippen molar-refractivity contribution in [2.45, 2.75) is 13.5 Å². The molecule has 1 amide bonds. The highest BCUT2D eigenvalue weighted by molar-refractivity contribution is 6.37. The molecule has 0 aliphatic rings. The van der Waals surface area contributed by atoms with Crippen molar-refractivity contribution in [1.29, 1.82) is 0 Å². The van der Waals surface area contributed by atoms with E-state index in [0.717, 1.165) is 5.56 Å². The van der Waals surface area contributed by atoms with Gasteiger partial charge in [-0.3, -0.25) is 9.59 Å². The number of hydrogen-bond acceptors (Lipinski definition) is 4. The van der Waals surface area contributed by atoms with Gasteiger partial charge in [0.1, 0.15) is 0 Å². The molecule has 4 rings (SSSR count). The highest BCUT2D eigenvalue weighted by Crippen LogP contribution is 2.21. The number of nitrogens with one attached hydrogen (secondary N) is 1. The lowest BCUT2D eigenvalue weighted by molar-refractivity contribution is 0.0949.